The summed E-state index contributed by atoms with van der Waals surface area (Å²) in [5.74, 6) is -1.05. The summed E-state index contributed by atoms with van der Waals surface area (Å²) in [6.45, 7) is 0. The zero-order chi connectivity index (χ0) is 9.14. The number of hydrogen-bond acceptors (Lipinski definition) is 4. The molecule has 1 amide bonds. The second-order valence-electron chi connectivity index (χ2n) is 2.16. The van der Waals surface area contributed by atoms with Gasteiger partial charge in [0.05, 0.1) is 5.56 Å². The van der Waals surface area contributed by atoms with E-state index in [0.29, 0.717) is 0 Å². The Morgan fingerprint density at radius 2 is 2.17 bits per heavy atom. The average molecular weight is 166 g/mol. The Labute approximate surface area is 67.8 Å². The molecule has 5 heteroatoms. The number of carbonyl (C=O) groups excluding carboxylic acids is 1. The first kappa shape index (κ1) is 8.19. The number of benzene rings is 1. The van der Waals surface area contributed by atoms with Crippen molar-refractivity contribution in [3.05, 3.63) is 28.7 Å². The highest BCUT2D eigenvalue weighted by atomic mass is 16.3. The molecule has 0 saturated carbocycles. The van der Waals surface area contributed by atoms with Gasteiger partial charge < -0.3 is 10.8 Å². The van der Waals surface area contributed by atoms with Crippen LogP contribution in [0.2, 0.25) is 0 Å². The molecule has 0 spiro atoms. The molecule has 0 bridgehead atoms. The normalized spacial score (nSPS) is 9.33. The molecule has 12 heavy (non-hydrogen) atoms. The highest BCUT2D eigenvalue weighted by Gasteiger charge is 2.07. The van der Waals surface area contributed by atoms with E-state index in [1.165, 1.54) is 12.1 Å². The van der Waals surface area contributed by atoms with Crippen molar-refractivity contribution in [2.45, 2.75) is 0 Å². The minimum Gasteiger partial charge on any atom is -0.507 e. The number of rotatable bonds is 2. The van der Waals surface area contributed by atoms with Gasteiger partial charge in [0, 0.05) is 0 Å². The van der Waals surface area contributed by atoms with Gasteiger partial charge in [-0.2, -0.15) is 0 Å². The second-order valence-corrected chi connectivity index (χ2v) is 2.16. The number of amides is 1. The third-order valence-electron chi connectivity index (χ3n) is 1.35. The summed E-state index contributed by atoms with van der Waals surface area (Å²) in [5, 5.41) is 11.6. The molecule has 3 N–H and O–H groups in total. The Balaban J connectivity index is 3.25. The molecule has 1 aromatic rings. The smallest absolute Gasteiger partial charge is 0.252 e. The highest BCUT2D eigenvalue weighted by molar-refractivity contribution is 5.96. The third-order valence-corrected chi connectivity index (χ3v) is 1.35. The van der Waals surface area contributed by atoms with Crippen LogP contribution in [0.5, 0.6) is 5.75 Å². The lowest BCUT2D eigenvalue weighted by molar-refractivity contribution is 0.0998. The van der Waals surface area contributed by atoms with E-state index in [9.17, 15) is 9.70 Å². The van der Waals surface area contributed by atoms with E-state index in [4.69, 9.17) is 10.8 Å². The summed E-state index contributed by atoms with van der Waals surface area (Å²) in [6.07, 6.45) is 0. The molecule has 0 radical (unpaired) electrons. The Hall–Kier alpha value is -1.91. The first-order valence-electron chi connectivity index (χ1n) is 3.11. The quantitative estimate of drug-likeness (QED) is 0.639. The Morgan fingerprint density at radius 3 is 2.67 bits per heavy atom. The molecule has 0 unspecified atom stereocenters. The van der Waals surface area contributed by atoms with E-state index >= 15 is 0 Å². The van der Waals surface area contributed by atoms with Crippen molar-refractivity contribution < 1.29 is 9.90 Å². The van der Waals surface area contributed by atoms with Gasteiger partial charge in [0.1, 0.15) is 11.4 Å². The van der Waals surface area contributed by atoms with Crippen molar-refractivity contribution in [3.63, 3.8) is 0 Å². The predicted octanol–water partition coefficient (Wildman–Crippen LogP) is 0.889. The van der Waals surface area contributed by atoms with Crippen LogP contribution in [0.4, 0.5) is 5.69 Å². The lowest BCUT2D eigenvalue weighted by Crippen LogP contribution is -2.10. The summed E-state index contributed by atoms with van der Waals surface area (Å²) in [6, 6.07) is 3.61. The van der Waals surface area contributed by atoms with Crippen molar-refractivity contribution in [3.8, 4) is 5.75 Å². The Bertz CT molecular complexity index is 335. The fourth-order valence-electron chi connectivity index (χ4n) is 0.778. The number of primary amides is 1. The highest BCUT2D eigenvalue weighted by Crippen LogP contribution is 2.22. The van der Waals surface area contributed by atoms with Crippen LogP contribution < -0.4 is 5.73 Å². The number of aromatic hydroxyl groups is 1. The molecule has 0 aliphatic carbocycles. The van der Waals surface area contributed by atoms with Crippen LogP contribution in [0, 0.1) is 4.91 Å². The van der Waals surface area contributed by atoms with E-state index in [2.05, 4.69) is 5.18 Å². The lowest BCUT2D eigenvalue weighted by Gasteiger charge is -1.98. The fourth-order valence-corrected chi connectivity index (χ4v) is 0.778. The van der Waals surface area contributed by atoms with Crippen LogP contribution in [0.1, 0.15) is 10.4 Å². The van der Waals surface area contributed by atoms with Crippen LogP contribution >= 0.6 is 0 Å². The second kappa shape index (κ2) is 3.00. The zero-order valence-corrected chi connectivity index (χ0v) is 6.02. The van der Waals surface area contributed by atoms with Crippen molar-refractivity contribution in [1.29, 1.82) is 0 Å². The van der Waals surface area contributed by atoms with E-state index in [1.807, 2.05) is 0 Å². The van der Waals surface area contributed by atoms with Gasteiger partial charge in [0.2, 0.25) is 0 Å². The summed E-state index contributed by atoms with van der Waals surface area (Å²) in [4.78, 5) is 20.6. The maximum atomic E-state index is 10.6. The zero-order valence-electron chi connectivity index (χ0n) is 6.02. The summed E-state index contributed by atoms with van der Waals surface area (Å²) in [7, 11) is 0. The van der Waals surface area contributed by atoms with Gasteiger partial charge in [0.15, 0.2) is 0 Å². The molecule has 0 aromatic heterocycles. The predicted molar refractivity (Wildman–Crippen MR) is 42.1 cm³/mol. The maximum Gasteiger partial charge on any atom is 0.252 e. The van der Waals surface area contributed by atoms with E-state index in [-0.39, 0.29) is 17.0 Å². The fraction of sp³-hybridized carbons (Fsp3) is 0. The molecule has 1 rings (SSSR count). The van der Waals surface area contributed by atoms with Crippen molar-refractivity contribution in [2.75, 3.05) is 0 Å². The number of phenols is 1. The maximum absolute atomic E-state index is 10.6. The van der Waals surface area contributed by atoms with Crippen LogP contribution in [-0.2, 0) is 0 Å². The topological polar surface area (TPSA) is 92.8 Å². The third kappa shape index (κ3) is 1.39. The molecule has 0 atom stereocenters. The van der Waals surface area contributed by atoms with Gasteiger partial charge in [0.25, 0.3) is 5.91 Å². The number of hydrogen-bond donors (Lipinski definition) is 2. The molecule has 5 nitrogen and oxygen atoms in total. The minimum absolute atomic E-state index is 0.0570. The lowest BCUT2D eigenvalue weighted by atomic mass is 10.2. The van der Waals surface area contributed by atoms with Crippen LogP contribution in [0.25, 0.3) is 0 Å². The van der Waals surface area contributed by atoms with Crippen LogP contribution in [0.15, 0.2) is 23.4 Å². The molecule has 0 saturated heterocycles. The van der Waals surface area contributed by atoms with Crippen molar-refractivity contribution in [1.82, 2.24) is 0 Å². The first-order valence-corrected chi connectivity index (χ1v) is 3.11. The standard InChI is InChI=1S/C7H6N2O3/c8-7(11)5-3-4(9-12)1-2-6(5)10/h1-3,10H,(H2,8,11). The van der Waals surface area contributed by atoms with Crippen molar-refractivity contribution in [2.24, 2.45) is 10.9 Å². The Morgan fingerprint density at radius 1 is 1.50 bits per heavy atom. The molecular formula is C7H6N2O3. The number of nitrogens with two attached hydrogens (primary N) is 1. The molecule has 0 heterocycles. The Kier molecular flexibility index (Phi) is 2.05. The van der Waals surface area contributed by atoms with Crippen LogP contribution in [-0.4, -0.2) is 11.0 Å². The summed E-state index contributed by atoms with van der Waals surface area (Å²) < 4.78 is 0. The van der Waals surface area contributed by atoms with Gasteiger partial charge in [-0.3, -0.25) is 4.79 Å². The SMILES string of the molecule is NC(=O)c1cc(N=O)ccc1O. The summed E-state index contributed by atoms with van der Waals surface area (Å²) >= 11 is 0. The number of nitroso groups, excluding NO2 is 1. The molecule has 0 fully saturated rings. The molecular weight excluding hydrogens is 160 g/mol. The largest absolute Gasteiger partial charge is 0.507 e. The van der Waals surface area contributed by atoms with Gasteiger partial charge >= 0.3 is 0 Å². The van der Waals surface area contributed by atoms with E-state index in [0.717, 1.165) is 6.07 Å². The average Bonchev–Trinajstić information content (AvgIpc) is 2.05. The van der Waals surface area contributed by atoms with E-state index in [1.54, 1.807) is 0 Å². The molecule has 62 valence electrons. The minimum atomic E-state index is -0.794. The first-order chi connectivity index (χ1) is 5.65. The van der Waals surface area contributed by atoms with Gasteiger partial charge in [-0.15, -0.1) is 4.91 Å². The monoisotopic (exact) mass is 166 g/mol. The number of carbonyl (C=O) groups is 1. The van der Waals surface area contributed by atoms with Gasteiger partial charge in [-0.25, -0.2) is 0 Å². The molecule has 0 aliphatic rings. The van der Waals surface area contributed by atoms with Gasteiger partial charge in [-0.05, 0) is 23.4 Å². The van der Waals surface area contributed by atoms with E-state index < -0.39 is 5.91 Å². The number of nitrogens with zero attached hydrogens (tertiary/aromatic N) is 1. The van der Waals surface area contributed by atoms with Crippen LogP contribution in [0.3, 0.4) is 0 Å². The molecule has 0 aliphatic heterocycles. The van der Waals surface area contributed by atoms with Crippen molar-refractivity contribution >= 4 is 11.6 Å². The molecule has 1 aromatic carbocycles. The summed E-state index contributed by atoms with van der Waals surface area (Å²) in [5.41, 5.74) is 4.85. The van der Waals surface area contributed by atoms with Gasteiger partial charge in [-0.1, -0.05) is 0 Å².